The van der Waals surface area contributed by atoms with Crippen LogP contribution in [0.15, 0.2) is 23.4 Å². The van der Waals surface area contributed by atoms with Crippen LogP contribution in [0.4, 0.5) is 0 Å². The van der Waals surface area contributed by atoms with Gasteiger partial charge in [0.2, 0.25) is 0 Å². The fourth-order valence-electron chi connectivity index (χ4n) is 11.2. The van der Waals surface area contributed by atoms with Crippen LogP contribution in [0.25, 0.3) is 10.9 Å². The van der Waals surface area contributed by atoms with E-state index in [9.17, 15) is 0 Å². The third-order valence-corrected chi connectivity index (χ3v) is 15.5. The molecule has 0 bridgehead atoms. The summed E-state index contributed by atoms with van der Waals surface area (Å²) < 4.78 is 2.39. The summed E-state index contributed by atoms with van der Waals surface area (Å²) in [7, 11) is 0. The largest absolute Gasteiger partial charge is 0.389 e. The summed E-state index contributed by atoms with van der Waals surface area (Å²) in [6.07, 6.45) is 63.7. The van der Waals surface area contributed by atoms with E-state index in [-0.39, 0.29) is 5.60 Å². The van der Waals surface area contributed by atoms with Gasteiger partial charge in [0.05, 0.1) is 23.0 Å². The van der Waals surface area contributed by atoms with Crippen molar-refractivity contribution in [1.29, 1.82) is 0 Å². The number of nitrogens with zero attached hydrogens (tertiary/aromatic N) is 3. The third-order valence-electron chi connectivity index (χ3n) is 15.5. The summed E-state index contributed by atoms with van der Waals surface area (Å²) in [4.78, 5) is 6.73. The van der Waals surface area contributed by atoms with Gasteiger partial charge in [-0.1, -0.05) is 255 Å². The maximum atomic E-state index is 6.73. The van der Waals surface area contributed by atoms with Crippen LogP contribution in [-0.4, -0.2) is 21.1 Å². The van der Waals surface area contributed by atoms with Crippen LogP contribution in [0.1, 0.15) is 313 Å². The Balaban J connectivity index is 1.08. The lowest BCUT2D eigenvalue weighted by Crippen LogP contribution is -2.39. The van der Waals surface area contributed by atoms with Crippen molar-refractivity contribution in [2.24, 2.45) is 5.16 Å². The zero-order valence-corrected chi connectivity index (χ0v) is 40.6. The molecule has 0 radical (unpaired) electrons. The second-order valence-corrected chi connectivity index (χ2v) is 20.8. The topological polar surface area (TPSA) is 39.4 Å². The van der Waals surface area contributed by atoms with Crippen LogP contribution in [0.3, 0.4) is 0 Å². The average Bonchev–Trinajstić information content (AvgIpc) is 3.93. The van der Waals surface area contributed by atoms with Gasteiger partial charge in [-0.05, 0) is 70.3 Å². The minimum Gasteiger partial charge on any atom is -0.389 e. The van der Waals surface area contributed by atoms with Crippen LogP contribution >= 0.6 is 0 Å². The van der Waals surface area contributed by atoms with Crippen molar-refractivity contribution in [3.05, 3.63) is 29.5 Å². The molecule has 1 spiro atoms. The van der Waals surface area contributed by atoms with Gasteiger partial charge in [-0.3, -0.25) is 4.68 Å². The Hall–Kier alpha value is -1.84. The highest BCUT2D eigenvalue weighted by Crippen LogP contribution is 2.41. The third kappa shape index (κ3) is 19.8. The summed E-state index contributed by atoms with van der Waals surface area (Å²) >= 11 is 0. The van der Waals surface area contributed by atoms with E-state index in [1.807, 2.05) is 0 Å². The molecule has 0 saturated heterocycles. The normalized spacial score (nSPS) is 23.5. The molecular formula is C57H99N3O. The van der Waals surface area contributed by atoms with Crippen LogP contribution < -0.4 is 0 Å². The molecule has 2 heterocycles. The molecule has 4 nitrogen and oxygen atoms in total. The number of benzene rings is 1. The lowest BCUT2D eigenvalue weighted by atomic mass is 9.76. The quantitative estimate of drug-likeness (QED) is 0.309. The highest BCUT2D eigenvalue weighted by Gasteiger charge is 2.39. The molecule has 2 aromatic rings. The molecule has 2 fully saturated rings. The van der Waals surface area contributed by atoms with Crippen molar-refractivity contribution in [3.8, 4) is 0 Å². The Kier molecular flexibility index (Phi) is 26.2. The first-order chi connectivity index (χ1) is 30.3. The molecule has 4 heteroatoms. The standard InChI is InChI=1S/C57H99N3O/c1-2-54-53-46-45-51(50-56(53)60(58-54)52-42-38-39-43-52)55-44-37-35-33-31-29-27-25-23-21-19-17-15-13-11-9-7-5-3-4-6-8-10-12-14-16-18-20-22-24-26-28-30-32-34-36-40-47-57(61-59-55)48-41-49-57/h45-46,50,52H,2-44,47-49H2,1H3. The van der Waals surface area contributed by atoms with Crippen molar-refractivity contribution in [3.63, 3.8) is 0 Å². The molecule has 0 atom stereocenters. The van der Waals surface area contributed by atoms with Gasteiger partial charge in [0.25, 0.3) is 0 Å². The van der Waals surface area contributed by atoms with Gasteiger partial charge in [-0.25, -0.2) is 0 Å². The van der Waals surface area contributed by atoms with Crippen LogP contribution in [-0.2, 0) is 11.3 Å². The van der Waals surface area contributed by atoms with Crippen molar-refractivity contribution in [2.45, 2.75) is 314 Å². The molecule has 0 amide bonds. The van der Waals surface area contributed by atoms with Gasteiger partial charge in [-0.15, -0.1) is 0 Å². The number of oxime groups is 1. The Labute approximate surface area is 378 Å². The summed E-state index contributed by atoms with van der Waals surface area (Å²) in [6.45, 7) is 2.26. The van der Waals surface area contributed by atoms with E-state index in [0.717, 1.165) is 12.8 Å². The van der Waals surface area contributed by atoms with Crippen molar-refractivity contribution in [1.82, 2.24) is 9.78 Å². The van der Waals surface area contributed by atoms with Crippen molar-refractivity contribution < 1.29 is 4.84 Å². The van der Waals surface area contributed by atoms with Crippen LogP contribution in [0.2, 0.25) is 0 Å². The molecule has 1 aliphatic heterocycles. The van der Waals surface area contributed by atoms with Gasteiger partial charge in [0, 0.05) is 10.9 Å². The van der Waals surface area contributed by atoms with E-state index in [1.165, 1.54) is 310 Å². The highest BCUT2D eigenvalue weighted by atomic mass is 16.7. The molecule has 2 saturated carbocycles. The number of aromatic nitrogens is 2. The Morgan fingerprint density at radius 3 is 1.23 bits per heavy atom. The molecule has 348 valence electrons. The Morgan fingerprint density at radius 1 is 0.475 bits per heavy atom. The smallest absolute Gasteiger partial charge is 0.137 e. The fourth-order valence-corrected chi connectivity index (χ4v) is 11.2. The fraction of sp³-hybridized carbons (Fsp3) is 0.860. The maximum Gasteiger partial charge on any atom is 0.137 e. The molecule has 0 N–H and O–H groups in total. The SMILES string of the molecule is CCc1nn(C2CCCC2)c2cc(C3=NOC4(CCCCCCCCCCCCCCCCCCCCCCCCCCCCCCCCCCCCCC3)CCC4)ccc12. The van der Waals surface area contributed by atoms with E-state index in [1.54, 1.807) is 0 Å². The van der Waals surface area contributed by atoms with Gasteiger partial charge >= 0.3 is 0 Å². The zero-order valence-electron chi connectivity index (χ0n) is 40.6. The summed E-state index contributed by atoms with van der Waals surface area (Å²) in [5.41, 5.74) is 4.99. The predicted octanol–water partition coefficient (Wildman–Crippen LogP) is 19.2. The first-order valence-corrected chi connectivity index (χ1v) is 28.0. The van der Waals surface area contributed by atoms with E-state index >= 15 is 0 Å². The summed E-state index contributed by atoms with van der Waals surface area (Å²) in [5.74, 6) is 0. The van der Waals surface area contributed by atoms with Gasteiger partial charge < -0.3 is 4.84 Å². The first kappa shape index (κ1) is 50.2. The minimum atomic E-state index is -0.0256. The van der Waals surface area contributed by atoms with Crippen molar-refractivity contribution in [2.75, 3.05) is 0 Å². The van der Waals surface area contributed by atoms with E-state index < -0.39 is 0 Å². The van der Waals surface area contributed by atoms with Crippen LogP contribution in [0, 0.1) is 0 Å². The van der Waals surface area contributed by atoms with Gasteiger partial charge in [-0.2, -0.15) is 5.10 Å². The second kappa shape index (κ2) is 31.9. The maximum absolute atomic E-state index is 6.73. The zero-order chi connectivity index (χ0) is 42.3. The summed E-state index contributed by atoms with van der Waals surface area (Å²) in [5, 5.41) is 11.7. The summed E-state index contributed by atoms with van der Waals surface area (Å²) in [6, 6.07) is 7.67. The monoisotopic (exact) mass is 842 g/mol. The minimum absolute atomic E-state index is 0.0256. The number of aryl methyl sites for hydroxylation is 1. The second-order valence-electron chi connectivity index (χ2n) is 20.8. The molecule has 1 aromatic heterocycles. The Bertz CT molecular complexity index is 1400. The lowest BCUT2D eigenvalue weighted by molar-refractivity contribution is -0.105. The number of fused-ring (bicyclic) bond motifs is 1. The predicted molar refractivity (Wildman–Crippen MR) is 266 cm³/mol. The molecule has 61 heavy (non-hydrogen) atoms. The van der Waals surface area contributed by atoms with E-state index in [0.29, 0.717) is 6.04 Å². The molecule has 3 aliphatic rings. The van der Waals surface area contributed by atoms with Gasteiger partial charge in [0.15, 0.2) is 0 Å². The highest BCUT2D eigenvalue weighted by molar-refractivity contribution is 6.03. The molecular weight excluding hydrogens is 743 g/mol. The number of hydrogen-bond acceptors (Lipinski definition) is 3. The number of hydrogen-bond donors (Lipinski definition) is 0. The lowest BCUT2D eigenvalue weighted by Gasteiger charge is -2.39. The molecule has 5 rings (SSSR count). The number of rotatable bonds is 3. The molecule has 2 aliphatic carbocycles. The van der Waals surface area contributed by atoms with E-state index in [2.05, 4.69) is 29.8 Å². The molecule has 1 aromatic carbocycles. The van der Waals surface area contributed by atoms with Crippen molar-refractivity contribution >= 4 is 16.6 Å². The first-order valence-electron chi connectivity index (χ1n) is 28.0. The average molecular weight is 842 g/mol. The van der Waals surface area contributed by atoms with E-state index in [4.69, 9.17) is 15.1 Å². The Morgan fingerprint density at radius 2 is 0.852 bits per heavy atom. The molecule has 0 unspecified atom stereocenters. The van der Waals surface area contributed by atoms with Gasteiger partial charge in [0.1, 0.15) is 5.60 Å². The van der Waals surface area contributed by atoms with Crippen LogP contribution in [0.5, 0.6) is 0 Å².